The number of ether oxygens (including phenoxy) is 1. The van der Waals surface area contributed by atoms with Crippen molar-refractivity contribution < 1.29 is 13.9 Å². The molecule has 0 aliphatic rings. The molecule has 4 rings (SSSR count). The van der Waals surface area contributed by atoms with Crippen LogP contribution >= 0.6 is 0 Å². The molecule has 0 radical (unpaired) electrons. The molecule has 0 amide bonds. The van der Waals surface area contributed by atoms with Crippen LogP contribution in [0.2, 0.25) is 0 Å². The fourth-order valence-corrected chi connectivity index (χ4v) is 2.86. The second kappa shape index (κ2) is 5.94. The average molecular weight is 332 g/mol. The van der Waals surface area contributed by atoms with Crippen LogP contribution in [0.15, 0.2) is 65.1 Å². The summed E-state index contributed by atoms with van der Waals surface area (Å²) in [5.74, 6) is 0.463. The summed E-state index contributed by atoms with van der Waals surface area (Å²) in [6.45, 7) is 1.92. The first kappa shape index (κ1) is 15.2. The van der Waals surface area contributed by atoms with Gasteiger partial charge in [0, 0.05) is 11.6 Å². The lowest BCUT2D eigenvalue weighted by Gasteiger charge is -2.02. The zero-order valence-corrected chi connectivity index (χ0v) is 13.9. The summed E-state index contributed by atoms with van der Waals surface area (Å²) < 4.78 is 12.5. The van der Waals surface area contributed by atoms with Crippen molar-refractivity contribution in [3.05, 3.63) is 72.0 Å². The number of fused-ring (bicyclic) bond motifs is 1. The van der Waals surface area contributed by atoms with Crippen LogP contribution < -0.4 is 0 Å². The van der Waals surface area contributed by atoms with Gasteiger partial charge in [0.1, 0.15) is 17.0 Å². The lowest BCUT2D eigenvalue weighted by atomic mass is 10.1. The van der Waals surface area contributed by atoms with E-state index in [4.69, 9.17) is 14.3 Å². The van der Waals surface area contributed by atoms with Crippen LogP contribution in [0.3, 0.4) is 0 Å². The number of nitrogens with zero attached hydrogens (tertiary/aromatic N) is 2. The van der Waals surface area contributed by atoms with Gasteiger partial charge in [0.05, 0.1) is 18.4 Å². The number of rotatable bonds is 3. The standard InChI is InChI=1S/C20H16N2O3/c1-13-12-17-19(25-13)18(21-22(17)16-6-4-3-5-7-16)14-8-10-15(11-9-14)20(23)24-2/h3-12H,1-2H3. The molecule has 2 aromatic heterocycles. The smallest absolute Gasteiger partial charge is 0.337 e. The molecular formula is C20H16N2O3. The van der Waals surface area contributed by atoms with Crippen LogP contribution in [0.4, 0.5) is 0 Å². The minimum Gasteiger partial charge on any atom is -0.465 e. The fraction of sp³-hybridized carbons (Fsp3) is 0.100. The Kier molecular flexibility index (Phi) is 3.61. The fourth-order valence-electron chi connectivity index (χ4n) is 2.86. The Morgan fingerprint density at radius 2 is 1.80 bits per heavy atom. The summed E-state index contributed by atoms with van der Waals surface area (Å²) in [7, 11) is 1.37. The third kappa shape index (κ3) is 2.59. The molecule has 4 aromatic rings. The number of para-hydroxylation sites is 1. The number of carbonyl (C=O) groups excluding carboxylic acids is 1. The van der Waals surface area contributed by atoms with Crippen molar-refractivity contribution >= 4 is 17.1 Å². The van der Waals surface area contributed by atoms with Crippen molar-refractivity contribution in [2.75, 3.05) is 7.11 Å². The predicted octanol–water partition coefficient (Wildman–Crippen LogP) is 4.38. The highest BCUT2D eigenvalue weighted by atomic mass is 16.5. The SMILES string of the molecule is COC(=O)c1ccc(-c2nn(-c3ccccc3)c3cc(C)oc23)cc1. The van der Waals surface area contributed by atoms with Gasteiger partial charge in [-0.2, -0.15) is 5.10 Å². The van der Waals surface area contributed by atoms with Crippen molar-refractivity contribution in [2.24, 2.45) is 0 Å². The maximum atomic E-state index is 11.6. The number of benzene rings is 2. The van der Waals surface area contributed by atoms with Gasteiger partial charge in [-0.3, -0.25) is 0 Å². The van der Waals surface area contributed by atoms with Gasteiger partial charge < -0.3 is 9.15 Å². The molecule has 0 bridgehead atoms. The van der Waals surface area contributed by atoms with Gasteiger partial charge in [0.2, 0.25) is 0 Å². The molecule has 0 aliphatic carbocycles. The number of furan rings is 1. The number of methoxy groups -OCH3 is 1. The van der Waals surface area contributed by atoms with Crippen LogP contribution in [-0.2, 0) is 4.74 Å². The number of esters is 1. The van der Waals surface area contributed by atoms with E-state index in [0.29, 0.717) is 5.56 Å². The zero-order chi connectivity index (χ0) is 17.4. The monoisotopic (exact) mass is 332 g/mol. The molecule has 0 saturated carbocycles. The number of hydrogen-bond acceptors (Lipinski definition) is 4. The molecular weight excluding hydrogens is 316 g/mol. The average Bonchev–Trinajstić information content (AvgIpc) is 3.19. The second-order valence-electron chi connectivity index (χ2n) is 5.74. The molecule has 5 heteroatoms. The number of hydrogen-bond donors (Lipinski definition) is 0. The number of carbonyl (C=O) groups is 1. The Hall–Kier alpha value is -3.34. The van der Waals surface area contributed by atoms with E-state index in [1.807, 2.05) is 60.1 Å². The van der Waals surface area contributed by atoms with E-state index < -0.39 is 0 Å². The van der Waals surface area contributed by atoms with Crippen LogP contribution in [-0.4, -0.2) is 22.9 Å². The molecule has 25 heavy (non-hydrogen) atoms. The first-order chi connectivity index (χ1) is 12.2. The normalized spacial score (nSPS) is 11.0. The highest BCUT2D eigenvalue weighted by Gasteiger charge is 2.18. The second-order valence-corrected chi connectivity index (χ2v) is 5.74. The van der Waals surface area contributed by atoms with Gasteiger partial charge in [-0.15, -0.1) is 0 Å². The summed E-state index contributed by atoms with van der Waals surface area (Å²) in [5, 5.41) is 4.73. The van der Waals surface area contributed by atoms with E-state index in [1.165, 1.54) is 7.11 Å². The molecule has 0 atom stereocenters. The lowest BCUT2D eigenvalue weighted by molar-refractivity contribution is 0.0601. The largest absolute Gasteiger partial charge is 0.465 e. The van der Waals surface area contributed by atoms with Crippen molar-refractivity contribution in [1.82, 2.24) is 9.78 Å². The van der Waals surface area contributed by atoms with E-state index in [1.54, 1.807) is 12.1 Å². The Morgan fingerprint density at radius 1 is 1.08 bits per heavy atom. The van der Waals surface area contributed by atoms with Crippen LogP contribution in [0.25, 0.3) is 28.0 Å². The van der Waals surface area contributed by atoms with Gasteiger partial charge >= 0.3 is 5.97 Å². The molecule has 2 aromatic carbocycles. The van der Waals surface area contributed by atoms with Crippen molar-refractivity contribution in [3.63, 3.8) is 0 Å². The van der Waals surface area contributed by atoms with Crippen molar-refractivity contribution in [3.8, 4) is 16.9 Å². The van der Waals surface area contributed by atoms with E-state index in [9.17, 15) is 4.79 Å². The molecule has 0 fully saturated rings. The van der Waals surface area contributed by atoms with Gasteiger partial charge in [0.25, 0.3) is 0 Å². The van der Waals surface area contributed by atoms with Gasteiger partial charge in [0.15, 0.2) is 5.58 Å². The first-order valence-electron chi connectivity index (χ1n) is 7.90. The minimum atomic E-state index is -0.361. The summed E-state index contributed by atoms with van der Waals surface area (Å²) in [6, 6.07) is 19.0. The highest BCUT2D eigenvalue weighted by molar-refractivity contribution is 5.93. The maximum absolute atomic E-state index is 11.6. The first-order valence-corrected chi connectivity index (χ1v) is 7.90. The molecule has 0 unspecified atom stereocenters. The maximum Gasteiger partial charge on any atom is 0.337 e. The topological polar surface area (TPSA) is 57.3 Å². The minimum absolute atomic E-state index is 0.361. The zero-order valence-electron chi connectivity index (χ0n) is 13.9. The Bertz CT molecular complexity index is 1040. The van der Waals surface area contributed by atoms with Gasteiger partial charge in [-0.1, -0.05) is 30.3 Å². The summed E-state index contributed by atoms with van der Waals surface area (Å²) >= 11 is 0. The predicted molar refractivity (Wildman–Crippen MR) is 94.8 cm³/mol. The molecule has 0 N–H and O–H groups in total. The third-order valence-electron chi connectivity index (χ3n) is 4.06. The summed E-state index contributed by atoms with van der Waals surface area (Å²) in [5.41, 5.74) is 4.72. The summed E-state index contributed by atoms with van der Waals surface area (Å²) in [4.78, 5) is 11.6. The third-order valence-corrected chi connectivity index (χ3v) is 4.06. The molecule has 2 heterocycles. The number of aryl methyl sites for hydroxylation is 1. The van der Waals surface area contributed by atoms with Gasteiger partial charge in [-0.25, -0.2) is 9.48 Å². The van der Waals surface area contributed by atoms with E-state index in [0.717, 1.165) is 33.8 Å². The quantitative estimate of drug-likeness (QED) is 0.522. The van der Waals surface area contributed by atoms with Crippen LogP contribution in [0.5, 0.6) is 0 Å². The van der Waals surface area contributed by atoms with E-state index >= 15 is 0 Å². The van der Waals surface area contributed by atoms with Crippen LogP contribution in [0.1, 0.15) is 16.1 Å². The highest BCUT2D eigenvalue weighted by Crippen LogP contribution is 2.32. The molecule has 5 nitrogen and oxygen atoms in total. The number of aromatic nitrogens is 2. The van der Waals surface area contributed by atoms with E-state index in [2.05, 4.69) is 0 Å². The molecule has 0 saturated heterocycles. The van der Waals surface area contributed by atoms with Gasteiger partial charge in [-0.05, 0) is 31.2 Å². The molecule has 0 spiro atoms. The Balaban J connectivity index is 1.86. The summed E-state index contributed by atoms with van der Waals surface area (Å²) in [6.07, 6.45) is 0. The van der Waals surface area contributed by atoms with Crippen molar-refractivity contribution in [2.45, 2.75) is 6.92 Å². The van der Waals surface area contributed by atoms with E-state index in [-0.39, 0.29) is 5.97 Å². The van der Waals surface area contributed by atoms with Crippen molar-refractivity contribution in [1.29, 1.82) is 0 Å². The lowest BCUT2D eigenvalue weighted by Crippen LogP contribution is -2.00. The molecule has 0 aliphatic heterocycles. The molecule has 124 valence electrons. The Labute approximate surface area is 144 Å². The van der Waals surface area contributed by atoms with Crippen LogP contribution in [0, 0.1) is 6.92 Å². The Morgan fingerprint density at radius 3 is 2.48 bits per heavy atom.